The topological polar surface area (TPSA) is 69.1 Å². The number of guanidine groups is 1. The van der Waals surface area contributed by atoms with Gasteiger partial charge in [-0.25, -0.2) is 4.99 Å². The molecular formula is C26H39IN4O2. The van der Waals surface area contributed by atoms with Gasteiger partial charge in [-0.2, -0.15) is 0 Å². The molecule has 7 heteroatoms. The first-order valence-electron chi connectivity index (χ1n) is 11.6. The number of anilines is 1. The highest BCUT2D eigenvalue weighted by molar-refractivity contribution is 14.0. The van der Waals surface area contributed by atoms with Crippen molar-refractivity contribution in [2.24, 2.45) is 4.99 Å². The van der Waals surface area contributed by atoms with E-state index >= 15 is 0 Å². The largest absolute Gasteiger partial charge is 0.387 e. The fourth-order valence-electron chi connectivity index (χ4n) is 3.78. The molecule has 1 aliphatic rings. The summed E-state index contributed by atoms with van der Waals surface area (Å²) in [6.07, 6.45) is -0.603. The summed E-state index contributed by atoms with van der Waals surface area (Å²) >= 11 is 0. The Morgan fingerprint density at radius 2 is 1.73 bits per heavy atom. The van der Waals surface area contributed by atoms with Crippen molar-refractivity contribution in [1.29, 1.82) is 0 Å². The number of ether oxygens (including phenoxy) is 1. The summed E-state index contributed by atoms with van der Waals surface area (Å²) in [5.74, 6) is 0.703. The number of nitrogens with zero attached hydrogens (tertiary/aromatic N) is 2. The normalized spacial score (nSPS) is 15.5. The van der Waals surface area contributed by atoms with E-state index in [0.29, 0.717) is 19.0 Å². The standard InChI is InChI=1S/C26H38N4O2.HI/c1-5-27-25(29-19-24(31)20-10-12-22(13-11-20)26(2,3)4)28-18-21-8-6-7-9-23(21)30-14-16-32-17-15-30;/h6-13,24,31H,5,14-19H2,1-4H3,(H2,27,28,29);1H. The van der Waals surface area contributed by atoms with Crippen molar-refractivity contribution in [2.45, 2.75) is 45.8 Å². The minimum Gasteiger partial charge on any atom is -0.387 e. The first kappa shape index (κ1) is 27.4. The monoisotopic (exact) mass is 566 g/mol. The van der Waals surface area contributed by atoms with Crippen LogP contribution < -0.4 is 15.5 Å². The third kappa shape index (κ3) is 8.15. The average Bonchev–Trinajstić information content (AvgIpc) is 2.81. The van der Waals surface area contributed by atoms with Gasteiger partial charge in [0.15, 0.2) is 5.96 Å². The van der Waals surface area contributed by atoms with E-state index in [-0.39, 0.29) is 29.4 Å². The summed E-state index contributed by atoms with van der Waals surface area (Å²) in [6.45, 7) is 13.7. The van der Waals surface area contributed by atoms with E-state index in [2.05, 4.69) is 72.7 Å². The smallest absolute Gasteiger partial charge is 0.191 e. The number of para-hydroxylation sites is 1. The Balaban J connectivity index is 0.00000385. The van der Waals surface area contributed by atoms with Crippen molar-refractivity contribution < 1.29 is 9.84 Å². The Hall–Kier alpha value is -1.84. The molecule has 0 bridgehead atoms. The van der Waals surface area contributed by atoms with Crippen LogP contribution in [0.3, 0.4) is 0 Å². The van der Waals surface area contributed by atoms with E-state index in [1.165, 1.54) is 16.8 Å². The molecule has 1 aliphatic heterocycles. The minimum absolute atomic E-state index is 0. The van der Waals surface area contributed by atoms with Gasteiger partial charge in [-0.3, -0.25) is 0 Å². The van der Waals surface area contributed by atoms with Gasteiger partial charge in [0.2, 0.25) is 0 Å². The molecular weight excluding hydrogens is 527 g/mol. The lowest BCUT2D eigenvalue weighted by Gasteiger charge is -2.30. The maximum atomic E-state index is 10.7. The molecule has 0 saturated carbocycles. The molecule has 0 aliphatic carbocycles. The third-order valence-corrected chi connectivity index (χ3v) is 5.72. The number of aliphatic hydroxyl groups excluding tert-OH is 1. The summed E-state index contributed by atoms with van der Waals surface area (Å²) in [5, 5.41) is 17.2. The minimum atomic E-state index is -0.603. The number of benzene rings is 2. The van der Waals surface area contributed by atoms with Gasteiger partial charge in [-0.15, -0.1) is 24.0 Å². The lowest BCUT2D eigenvalue weighted by Crippen LogP contribution is -2.39. The van der Waals surface area contributed by atoms with Gasteiger partial charge in [0, 0.05) is 31.9 Å². The number of aliphatic imine (C=N–C) groups is 1. The summed E-state index contributed by atoms with van der Waals surface area (Å²) in [6, 6.07) is 16.6. The van der Waals surface area contributed by atoms with Crippen molar-refractivity contribution in [3.05, 3.63) is 65.2 Å². The zero-order valence-corrected chi connectivity index (χ0v) is 22.6. The summed E-state index contributed by atoms with van der Waals surface area (Å²) < 4.78 is 5.49. The second-order valence-electron chi connectivity index (χ2n) is 9.19. The third-order valence-electron chi connectivity index (χ3n) is 5.72. The van der Waals surface area contributed by atoms with Gasteiger partial charge in [-0.1, -0.05) is 63.2 Å². The van der Waals surface area contributed by atoms with E-state index in [4.69, 9.17) is 9.73 Å². The van der Waals surface area contributed by atoms with Gasteiger partial charge in [0.05, 0.1) is 25.9 Å². The molecule has 6 nitrogen and oxygen atoms in total. The summed E-state index contributed by atoms with van der Waals surface area (Å²) in [5.41, 5.74) is 4.66. The number of halogens is 1. The van der Waals surface area contributed by atoms with Crippen LogP contribution in [0.1, 0.15) is 50.5 Å². The van der Waals surface area contributed by atoms with Crippen molar-refractivity contribution in [3.63, 3.8) is 0 Å². The molecule has 3 rings (SSSR count). The van der Waals surface area contributed by atoms with Gasteiger partial charge in [0.25, 0.3) is 0 Å². The molecule has 0 radical (unpaired) electrons. The SMILES string of the molecule is CCNC(=NCc1ccccc1N1CCOCC1)NCC(O)c1ccc(C(C)(C)C)cc1.I. The molecule has 33 heavy (non-hydrogen) atoms. The van der Waals surface area contributed by atoms with E-state index < -0.39 is 6.10 Å². The molecule has 3 N–H and O–H groups in total. The number of hydrogen-bond acceptors (Lipinski definition) is 4. The van der Waals surface area contributed by atoms with E-state index in [0.717, 1.165) is 38.4 Å². The van der Waals surface area contributed by atoms with E-state index in [1.807, 2.05) is 19.1 Å². The van der Waals surface area contributed by atoms with Crippen molar-refractivity contribution in [1.82, 2.24) is 10.6 Å². The second kappa shape index (κ2) is 13.2. The molecule has 1 fully saturated rings. The quantitative estimate of drug-likeness (QED) is 0.266. The maximum Gasteiger partial charge on any atom is 0.191 e. The molecule has 0 spiro atoms. The molecule has 182 valence electrons. The predicted molar refractivity (Wildman–Crippen MR) is 148 cm³/mol. The maximum absolute atomic E-state index is 10.7. The number of aliphatic hydroxyl groups is 1. The fraction of sp³-hybridized carbons (Fsp3) is 0.500. The Morgan fingerprint density at radius 3 is 2.36 bits per heavy atom. The fourth-order valence-corrected chi connectivity index (χ4v) is 3.78. The lowest BCUT2D eigenvalue weighted by atomic mass is 9.86. The van der Waals surface area contributed by atoms with E-state index in [9.17, 15) is 5.11 Å². The first-order chi connectivity index (χ1) is 15.4. The number of nitrogens with one attached hydrogen (secondary N) is 2. The van der Waals surface area contributed by atoms with Crippen LogP contribution in [0.15, 0.2) is 53.5 Å². The van der Waals surface area contributed by atoms with Crippen LogP contribution in [0.4, 0.5) is 5.69 Å². The molecule has 2 aromatic rings. The molecule has 0 amide bonds. The molecule has 1 heterocycles. The van der Waals surface area contributed by atoms with Crippen LogP contribution in [0.25, 0.3) is 0 Å². The molecule has 1 saturated heterocycles. The molecule has 1 unspecified atom stereocenters. The van der Waals surface area contributed by atoms with Gasteiger partial charge in [0.1, 0.15) is 0 Å². The number of morpholine rings is 1. The Bertz CT molecular complexity index is 875. The van der Waals surface area contributed by atoms with Gasteiger partial charge >= 0.3 is 0 Å². The Labute approximate surface area is 215 Å². The van der Waals surface area contributed by atoms with Gasteiger partial charge < -0.3 is 25.4 Å². The average molecular weight is 567 g/mol. The van der Waals surface area contributed by atoms with Crippen LogP contribution in [0, 0.1) is 0 Å². The Morgan fingerprint density at radius 1 is 1.06 bits per heavy atom. The second-order valence-corrected chi connectivity index (χ2v) is 9.19. The van der Waals surface area contributed by atoms with Crippen molar-refractivity contribution in [3.8, 4) is 0 Å². The number of rotatable bonds is 7. The van der Waals surface area contributed by atoms with Crippen LogP contribution in [-0.2, 0) is 16.7 Å². The van der Waals surface area contributed by atoms with E-state index in [1.54, 1.807) is 0 Å². The zero-order chi connectivity index (χ0) is 23.0. The van der Waals surface area contributed by atoms with Crippen LogP contribution in [-0.4, -0.2) is 50.5 Å². The zero-order valence-electron chi connectivity index (χ0n) is 20.3. The van der Waals surface area contributed by atoms with Crippen molar-refractivity contribution in [2.75, 3.05) is 44.3 Å². The summed E-state index contributed by atoms with van der Waals surface area (Å²) in [4.78, 5) is 7.14. The Kier molecular flexibility index (Phi) is 10.9. The predicted octanol–water partition coefficient (Wildman–Crippen LogP) is 4.23. The summed E-state index contributed by atoms with van der Waals surface area (Å²) in [7, 11) is 0. The molecule has 2 aromatic carbocycles. The molecule has 1 atom stereocenters. The van der Waals surface area contributed by atoms with Crippen LogP contribution in [0.5, 0.6) is 0 Å². The number of hydrogen-bond donors (Lipinski definition) is 3. The first-order valence-corrected chi connectivity index (χ1v) is 11.6. The van der Waals surface area contributed by atoms with Gasteiger partial charge in [-0.05, 0) is 35.1 Å². The van der Waals surface area contributed by atoms with Crippen LogP contribution >= 0.6 is 24.0 Å². The molecule has 0 aromatic heterocycles. The highest BCUT2D eigenvalue weighted by atomic mass is 127. The lowest BCUT2D eigenvalue weighted by molar-refractivity contribution is 0.122. The van der Waals surface area contributed by atoms with Crippen molar-refractivity contribution >= 4 is 35.6 Å². The highest BCUT2D eigenvalue weighted by Gasteiger charge is 2.16. The van der Waals surface area contributed by atoms with Crippen LogP contribution in [0.2, 0.25) is 0 Å². The highest BCUT2D eigenvalue weighted by Crippen LogP contribution is 2.24.